The summed E-state index contributed by atoms with van der Waals surface area (Å²) in [5.74, 6) is 0.0356. The molecule has 0 spiro atoms. The van der Waals surface area contributed by atoms with Crippen molar-refractivity contribution in [2.75, 3.05) is 11.4 Å². The van der Waals surface area contributed by atoms with Crippen molar-refractivity contribution in [3.63, 3.8) is 0 Å². The van der Waals surface area contributed by atoms with Crippen LogP contribution < -0.4 is 4.90 Å². The van der Waals surface area contributed by atoms with Gasteiger partial charge >= 0.3 is 0 Å². The molecule has 0 radical (unpaired) electrons. The lowest BCUT2D eigenvalue weighted by Crippen LogP contribution is -2.29. The number of nitrogens with zero attached hydrogens (tertiary/aromatic N) is 1. The summed E-state index contributed by atoms with van der Waals surface area (Å²) in [4.78, 5) is 15.7. The van der Waals surface area contributed by atoms with Crippen molar-refractivity contribution in [2.45, 2.75) is 18.7 Å². The highest BCUT2D eigenvalue weighted by atomic mass is 32.1. The Morgan fingerprint density at radius 3 is 2.72 bits per heavy atom. The largest absolute Gasteiger partial charge is 0.308 e. The van der Waals surface area contributed by atoms with Gasteiger partial charge < -0.3 is 4.90 Å². The van der Waals surface area contributed by atoms with Crippen LogP contribution in [0.3, 0.4) is 0 Å². The third-order valence-electron chi connectivity index (χ3n) is 2.67. The number of aryl methyl sites for hydroxylation is 1. The van der Waals surface area contributed by atoms with Crippen LogP contribution in [0.2, 0.25) is 0 Å². The van der Waals surface area contributed by atoms with Crippen LogP contribution in [0, 0.1) is 6.92 Å². The molecule has 0 aliphatic carbocycles. The fraction of sp³-hybridized carbons (Fsp3) is 0.214. The Bertz CT molecular complexity index is 562. The zero-order valence-corrected chi connectivity index (χ0v) is 12.1. The second-order valence-corrected chi connectivity index (χ2v) is 5.49. The first-order valence-corrected chi connectivity index (χ1v) is 7.10. The Morgan fingerprint density at radius 1 is 1.39 bits per heavy atom. The molecule has 2 rings (SSSR count). The number of amides is 1. The van der Waals surface area contributed by atoms with Gasteiger partial charge in [0.1, 0.15) is 0 Å². The van der Waals surface area contributed by atoms with Crippen molar-refractivity contribution in [3.8, 4) is 0 Å². The normalized spacial score (nSPS) is 10.4. The van der Waals surface area contributed by atoms with Crippen LogP contribution in [-0.2, 0) is 0 Å². The summed E-state index contributed by atoms with van der Waals surface area (Å²) >= 11 is 5.67. The van der Waals surface area contributed by atoms with E-state index in [1.54, 1.807) is 4.90 Å². The van der Waals surface area contributed by atoms with Gasteiger partial charge in [-0.15, -0.1) is 24.0 Å². The molecule has 94 valence electrons. The molecule has 4 heteroatoms. The number of carbonyl (C=O) groups is 1. The summed E-state index contributed by atoms with van der Waals surface area (Å²) in [7, 11) is 0. The SMILES string of the molecule is CCN(C(=O)c1cc(S)cs1)c1cccc(C)c1. The standard InChI is InChI=1S/C14H15NOS2/c1-3-15(11-6-4-5-10(2)7-11)14(16)13-8-12(17)9-18-13/h4-9,17H,3H2,1-2H3. The molecule has 2 aromatic rings. The summed E-state index contributed by atoms with van der Waals surface area (Å²) in [5, 5.41) is 1.88. The van der Waals surface area contributed by atoms with Gasteiger partial charge in [0.2, 0.25) is 0 Å². The second kappa shape index (κ2) is 5.59. The van der Waals surface area contributed by atoms with E-state index in [9.17, 15) is 4.79 Å². The molecule has 1 heterocycles. The van der Waals surface area contributed by atoms with E-state index >= 15 is 0 Å². The van der Waals surface area contributed by atoms with Gasteiger partial charge in [-0.05, 0) is 37.6 Å². The summed E-state index contributed by atoms with van der Waals surface area (Å²) in [6.45, 7) is 4.66. The summed E-state index contributed by atoms with van der Waals surface area (Å²) in [6.07, 6.45) is 0. The summed E-state index contributed by atoms with van der Waals surface area (Å²) in [6, 6.07) is 9.80. The van der Waals surface area contributed by atoms with Crippen molar-refractivity contribution in [3.05, 3.63) is 46.2 Å². The van der Waals surface area contributed by atoms with Gasteiger partial charge in [0.25, 0.3) is 5.91 Å². The van der Waals surface area contributed by atoms with Crippen LogP contribution in [0.25, 0.3) is 0 Å². The van der Waals surface area contributed by atoms with Gasteiger partial charge in [-0.2, -0.15) is 0 Å². The van der Waals surface area contributed by atoms with Crippen LogP contribution in [0.15, 0.2) is 40.6 Å². The van der Waals surface area contributed by atoms with Crippen molar-refractivity contribution < 1.29 is 4.79 Å². The number of hydrogen-bond acceptors (Lipinski definition) is 3. The van der Waals surface area contributed by atoms with Gasteiger partial charge in [0, 0.05) is 22.5 Å². The molecule has 0 saturated heterocycles. The maximum Gasteiger partial charge on any atom is 0.268 e. The van der Waals surface area contributed by atoms with Crippen LogP contribution in [0.5, 0.6) is 0 Å². The van der Waals surface area contributed by atoms with Crippen molar-refractivity contribution >= 4 is 35.6 Å². The Morgan fingerprint density at radius 2 is 2.17 bits per heavy atom. The van der Waals surface area contributed by atoms with Crippen molar-refractivity contribution in [2.24, 2.45) is 0 Å². The summed E-state index contributed by atoms with van der Waals surface area (Å²) < 4.78 is 0. The van der Waals surface area contributed by atoms with E-state index in [0.29, 0.717) is 6.54 Å². The second-order valence-electron chi connectivity index (χ2n) is 4.06. The molecule has 0 saturated carbocycles. The predicted molar refractivity (Wildman–Crippen MR) is 80.1 cm³/mol. The van der Waals surface area contributed by atoms with E-state index in [0.717, 1.165) is 21.0 Å². The zero-order chi connectivity index (χ0) is 13.1. The minimum absolute atomic E-state index is 0.0356. The fourth-order valence-corrected chi connectivity index (χ4v) is 2.91. The average molecular weight is 277 g/mol. The molecule has 18 heavy (non-hydrogen) atoms. The zero-order valence-electron chi connectivity index (χ0n) is 10.4. The number of carbonyl (C=O) groups excluding carboxylic acids is 1. The van der Waals surface area contributed by atoms with Crippen LogP contribution >= 0.6 is 24.0 Å². The first kappa shape index (κ1) is 13.2. The predicted octanol–water partition coefficient (Wildman–Crippen LogP) is 4.01. The number of rotatable bonds is 3. The van der Waals surface area contributed by atoms with Crippen LogP contribution in [0.1, 0.15) is 22.2 Å². The molecule has 2 nitrogen and oxygen atoms in total. The highest BCUT2D eigenvalue weighted by Crippen LogP contribution is 2.23. The molecule has 0 atom stereocenters. The van der Waals surface area contributed by atoms with Crippen LogP contribution in [-0.4, -0.2) is 12.5 Å². The lowest BCUT2D eigenvalue weighted by atomic mass is 10.2. The van der Waals surface area contributed by atoms with E-state index in [-0.39, 0.29) is 5.91 Å². The number of thiol groups is 1. The van der Waals surface area contributed by atoms with E-state index in [1.165, 1.54) is 11.3 Å². The molecular formula is C14H15NOS2. The monoisotopic (exact) mass is 277 g/mol. The van der Waals surface area contributed by atoms with Crippen LogP contribution in [0.4, 0.5) is 5.69 Å². The number of benzene rings is 1. The molecule has 1 amide bonds. The fourth-order valence-electron chi connectivity index (χ4n) is 1.81. The molecule has 1 aromatic heterocycles. The smallest absolute Gasteiger partial charge is 0.268 e. The maximum atomic E-state index is 12.4. The van der Waals surface area contributed by atoms with Crippen molar-refractivity contribution in [1.29, 1.82) is 0 Å². The molecule has 0 bridgehead atoms. The maximum absolute atomic E-state index is 12.4. The first-order valence-electron chi connectivity index (χ1n) is 5.78. The molecular weight excluding hydrogens is 262 g/mol. The average Bonchev–Trinajstić information content (AvgIpc) is 2.77. The van der Waals surface area contributed by atoms with E-state index in [1.807, 2.05) is 49.6 Å². The molecule has 1 aromatic carbocycles. The molecule has 0 aliphatic heterocycles. The highest BCUT2D eigenvalue weighted by Gasteiger charge is 2.17. The Kier molecular flexibility index (Phi) is 4.09. The van der Waals surface area contributed by atoms with Gasteiger partial charge in [0.15, 0.2) is 0 Å². The first-order chi connectivity index (χ1) is 8.61. The van der Waals surface area contributed by atoms with Crippen molar-refractivity contribution in [1.82, 2.24) is 0 Å². The third kappa shape index (κ3) is 2.76. The lowest BCUT2D eigenvalue weighted by Gasteiger charge is -2.20. The quantitative estimate of drug-likeness (QED) is 0.840. The number of anilines is 1. The Labute approximate surface area is 117 Å². The lowest BCUT2D eigenvalue weighted by molar-refractivity contribution is 0.0992. The Hall–Kier alpha value is -1.26. The van der Waals surface area contributed by atoms with E-state index in [4.69, 9.17) is 0 Å². The summed E-state index contributed by atoms with van der Waals surface area (Å²) in [5.41, 5.74) is 2.09. The van der Waals surface area contributed by atoms with Gasteiger partial charge in [-0.25, -0.2) is 0 Å². The minimum atomic E-state index is 0.0356. The highest BCUT2D eigenvalue weighted by molar-refractivity contribution is 7.80. The van der Waals surface area contributed by atoms with E-state index < -0.39 is 0 Å². The van der Waals surface area contributed by atoms with Gasteiger partial charge in [-0.1, -0.05) is 12.1 Å². The molecule has 0 N–H and O–H groups in total. The molecule has 0 fully saturated rings. The third-order valence-corrected chi connectivity index (χ3v) is 4.02. The molecule has 0 aliphatic rings. The number of hydrogen-bond donors (Lipinski definition) is 1. The van der Waals surface area contributed by atoms with Gasteiger partial charge in [-0.3, -0.25) is 4.79 Å². The Balaban J connectivity index is 2.31. The van der Waals surface area contributed by atoms with Gasteiger partial charge in [0.05, 0.1) is 4.88 Å². The number of thiophene rings is 1. The van der Waals surface area contributed by atoms with E-state index in [2.05, 4.69) is 12.6 Å². The molecule has 0 unspecified atom stereocenters. The minimum Gasteiger partial charge on any atom is -0.308 e. The topological polar surface area (TPSA) is 20.3 Å².